The second-order valence-electron chi connectivity index (χ2n) is 4.67. The molecule has 9 heteroatoms. The molecule has 0 unspecified atom stereocenters. The molecule has 0 aromatic heterocycles. The number of nitrogens with zero attached hydrogens (tertiary/aromatic N) is 1. The normalized spacial score (nSPS) is 9.88. The lowest BCUT2D eigenvalue weighted by atomic mass is 10.2. The fourth-order valence-corrected chi connectivity index (χ4v) is 2.18. The van der Waals surface area contributed by atoms with E-state index in [-0.39, 0.29) is 17.8 Å². The summed E-state index contributed by atoms with van der Waals surface area (Å²) in [5, 5.41) is 13.6. The molecule has 0 spiro atoms. The summed E-state index contributed by atoms with van der Waals surface area (Å²) in [5.74, 6) is -1.11. The van der Waals surface area contributed by atoms with Gasteiger partial charge in [-0.25, -0.2) is 0 Å². The van der Waals surface area contributed by atoms with E-state index in [1.54, 1.807) is 12.1 Å². The Hall–Kier alpha value is -2.94. The van der Waals surface area contributed by atoms with Gasteiger partial charge < -0.3 is 5.32 Å². The number of hydrogen-bond acceptors (Lipinski definition) is 5. The highest BCUT2D eigenvalue weighted by Crippen LogP contribution is 2.15. The number of hydrogen-bond donors (Lipinski definition) is 3. The maximum absolute atomic E-state index is 11.9. The number of carbonyl (C=O) groups excluding carboxylic acids is 2. The summed E-state index contributed by atoms with van der Waals surface area (Å²) in [4.78, 5) is 33.7. The fourth-order valence-electron chi connectivity index (χ4n) is 1.78. The van der Waals surface area contributed by atoms with E-state index in [0.717, 1.165) is 16.2 Å². The van der Waals surface area contributed by atoms with Crippen LogP contribution in [0.4, 0.5) is 11.4 Å². The number of nitrogens with one attached hydrogen (secondary N) is 3. The Bertz CT molecular complexity index is 782. The zero-order valence-electron chi connectivity index (χ0n) is 12.3. The number of benzene rings is 2. The highest BCUT2D eigenvalue weighted by molar-refractivity contribution is 9.10. The van der Waals surface area contributed by atoms with Crippen molar-refractivity contribution in [1.29, 1.82) is 0 Å². The number of rotatable bonds is 5. The molecular formula is C15H13BrN4O4. The minimum Gasteiger partial charge on any atom is -0.376 e. The molecule has 2 rings (SSSR count). The van der Waals surface area contributed by atoms with E-state index in [1.807, 2.05) is 12.1 Å². The third-order valence-corrected chi connectivity index (χ3v) is 3.41. The van der Waals surface area contributed by atoms with Gasteiger partial charge in [-0.3, -0.25) is 30.6 Å². The van der Waals surface area contributed by atoms with E-state index in [4.69, 9.17) is 0 Å². The SMILES string of the molecule is O=C(CNc1cccc(Br)c1)NNC(=O)c1cccc([N+](=O)[O-])c1. The molecular weight excluding hydrogens is 380 g/mol. The Morgan fingerprint density at radius 3 is 2.54 bits per heavy atom. The van der Waals surface area contributed by atoms with Crippen molar-refractivity contribution < 1.29 is 14.5 Å². The largest absolute Gasteiger partial charge is 0.376 e. The lowest BCUT2D eigenvalue weighted by molar-refractivity contribution is -0.384. The van der Waals surface area contributed by atoms with Crippen molar-refractivity contribution in [3.05, 3.63) is 68.7 Å². The first-order valence-corrected chi connectivity index (χ1v) is 7.58. The summed E-state index contributed by atoms with van der Waals surface area (Å²) in [7, 11) is 0. The van der Waals surface area contributed by atoms with Gasteiger partial charge in [0.1, 0.15) is 0 Å². The van der Waals surface area contributed by atoms with Crippen molar-refractivity contribution in [2.75, 3.05) is 11.9 Å². The van der Waals surface area contributed by atoms with Gasteiger partial charge in [-0.2, -0.15) is 0 Å². The van der Waals surface area contributed by atoms with E-state index in [1.165, 1.54) is 18.2 Å². The topological polar surface area (TPSA) is 113 Å². The predicted octanol–water partition coefficient (Wildman–Crippen LogP) is 2.23. The second-order valence-corrected chi connectivity index (χ2v) is 5.59. The maximum Gasteiger partial charge on any atom is 0.270 e. The zero-order chi connectivity index (χ0) is 17.5. The van der Waals surface area contributed by atoms with Crippen LogP contribution in [0.3, 0.4) is 0 Å². The van der Waals surface area contributed by atoms with E-state index in [2.05, 4.69) is 32.1 Å². The van der Waals surface area contributed by atoms with Crippen LogP contribution in [0.2, 0.25) is 0 Å². The highest BCUT2D eigenvalue weighted by Gasteiger charge is 2.12. The van der Waals surface area contributed by atoms with Gasteiger partial charge in [-0.05, 0) is 24.3 Å². The molecule has 0 heterocycles. The highest BCUT2D eigenvalue weighted by atomic mass is 79.9. The van der Waals surface area contributed by atoms with Gasteiger partial charge >= 0.3 is 0 Å². The van der Waals surface area contributed by atoms with Gasteiger partial charge in [0.2, 0.25) is 0 Å². The Morgan fingerprint density at radius 1 is 1.08 bits per heavy atom. The molecule has 0 bridgehead atoms. The summed E-state index contributed by atoms with van der Waals surface area (Å²) in [6.45, 7) is -0.0499. The van der Waals surface area contributed by atoms with Gasteiger partial charge in [-0.1, -0.05) is 28.1 Å². The van der Waals surface area contributed by atoms with Crippen LogP contribution in [0.1, 0.15) is 10.4 Å². The summed E-state index contributed by atoms with van der Waals surface area (Å²) in [5.41, 5.74) is 5.04. The minimum absolute atomic E-state index is 0.0499. The van der Waals surface area contributed by atoms with Crippen molar-refractivity contribution in [2.45, 2.75) is 0 Å². The molecule has 0 aliphatic rings. The van der Waals surface area contributed by atoms with Crippen LogP contribution in [0.5, 0.6) is 0 Å². The van der Waals surface area contributed by atoms with Crippen molar-refractivity contribution >= 4 is 39.1 Å². The van der Waals surface area contributed by atoms with Crippen LogP contribution in [0.15, 0.2) is 53.0 Å². The molecule has 0 atom stereocenters. The first-order valence-electron chi connectivity index (χ1n) is 6.79. The lowest BCUT2D eigenvalue weighted by Crippen LogP contribution is -2.44. The summed E-state index contributed by atoms with van der Waals surface area (Å²) >= 11 is 3.32. The number of hydrazine groups is 1. The predicted molar refractivity (Wildman–Crippen MR) is 91.3 cm³/mol. The monoisotopic (exact) mass is 392 g/mol. The van der Waals surface area contributed by atoms with Crippen molar-refractivity contribution in [3.8, 4) is 0 Å². The summed E-state index contributed by atoms with van der Waals surface area (Å²) in [6.07, 6.45) is 0. The Kier molecular flexibility index (Phi) is 5.85. The smallest absolute Gasteiger partial charge is 0.270 e. The maximum atomic E-state index is 11.9. The number of nitro benzene ring substituents is 1. The van der Waals surface area contributed by atoms with Crippen LogP contribution in [0.25, 0.3) is 0 Å². The molecule has 0 aliphatic heterocycles. The van der Waals surface area contributed by atoms with Gasteiger partial charge in [0.15, 0.2) is 0 Å². The average molecular weight is 393 g/mol. The molecule has 3 N–H and O–H groups in total. The summed E-state index contributed by atoms with van der Waals surface area (Å²) in [6, 6.07) is 12.5. The third kappa shape index (κ3) is 5.06. The fraction of sp³-hybridized carbons (Fsp3) is 0.0667. The van der Waals surface area contributed by atoms with Crippen molar-refractivity contribution in [3.63, 3.8) is 0 Å². The molecule has 0 radical (unpaired) electrons. The molecule has 2 amide bonds. The number of halogens is 1. The number of amides is 2. The van der Waals surface area contributed by atoms with E-state index >= 15 is 0 Å². The Morgan fingerprint density at radius 2 is 1.83 bits per heavy atom. The average Bonchev–Trinajstić information content (AvgIpc) is 2.58. The number of non-ortho nitro benzene ring substituents is 1. The van der Waals surface area contributed by atoms with E-state index in [0.29, 0.717) is 0 Å². The van der Waals surface area contributed by atoms with Gasteiger partial charge in [0, 0.05) is 27.9 Å². The molecule has 0 saturated heterocycles. The lowest BCUT2D eigenvalue weighted by Gasteiger charge is -2.09. The molecule has 2 aromatic carbocycles. The minimum atomic E-state index is -0.644. The molecule has 0 saturated carbocycles. The van der Waals surface area contributed by atoms with Crippen LogP contribution in [-0.2, 0) is 4.79 Å². The van der Waals surface area contributed by atoms with Crippen molar-refractivity contribution in [1.82, 2.24) is 10.9 Å². The summed E-state index contributed by atoms with van der Waals surface area (Å²) < 4.78 is 0.867. The molecule has 2 aromatic rings. The number of anilines is 1. The molecule has 0 aliphatic carbocycles. The van der Waals surface area contributed by atoms with E-state index in [9.17, 15) is 19.7 Å². The van der Waals surface area contributed by atoms with Gasteiger partial charge in [0.05, 0.1) is 11.5 Å². The standard InChI is InChI=1S/C15H13BrN4O4/c16-11-4-2-5-12(8-11)17-9-14(21)18-19-15(22)10-3-1-6-13(7-10)20(23)24/h1-8,17H,9H2,(H,18,21)(H,19,22). The molecule has 124 valence electrons. The Balaban J connectivity index is 1.84. The third-order valence-electron chi connectivity index (χ3n) is 2.91. The quantitative estimate of drug-likeness (QED) is 0.533. The van der Waals surface area contributed by atoms with Crippen LogP contribution in [0, 0.1) is 10.1 Å². The van der Waals surface area contributed by atoms with Crippen LogP contribution >= 0.6 is 15.9 Å². The zero-order valence-corrected chi connectivity index (χ0v) is 13.9. The molecule has 8 nitrogen and oxygen atoms in total. The van der Waals surface area contributed by atoms with Gasteiger partial charge in [0.25, 0.3) is 17.5 Å². The van der Waals surface area contributed by atoms with Crippen molar-refractivity contribution in [2.24, 2.45) is 0 Å². The first-order chi connectivity index (χ1) is 11.5. The van der Waals surface area contributed by atoms with Gasteiger partial charge in [-0.15, -0.1) is 0 Å². The molecule has 0 fully saturated rings. The van der Waals surface area contributed by atoms with Crippen LogP contribution in [-0.4, -0.2) is 23.3 Å². The number of carbonyl (C=O) groups is 2. The first kappa shape index (κ1) is 17.4. The second kappa shape index (κ2) is 8.06. The number of nitro groups is 1. The van der Waals surface area contributed by atoms with E-state index < -0.39 is 16.7 Å². The Labute approximate surface area is 145 Å². The van der Waals surface area contributed by atoms with Crippen LogP contribution < -0.4 is 16.2 Å². The molecule has 24 heavy (non-hydrogen) atoms.